The first-order valence-corrected chi connectivity index (χ1v) is 6.51. The lowest BCUT2D eigenvalue weighted by Crippen LogP contribution is -2.28. The molecule has 0 bridgehead atoms. The van der Waals surface area contributed by atoms with E-state index in [4.69, 9.17) is 18.3 Å². The molecule has 0 aliphatic carbocycles. The lowest BCUT2D eigenvalue weighted by molar-refractivity contribution is -0.0320. The van der Waals surface area contributed by atoms with Gasteiger partial charge in [0.15, 0.2) is 0 Å². The van der Waals surface area contributed by atoms with Gasteiger partial charge in [-0.15, -0.1) is 0 Å². The molecular formula is C10H19O6P. The van der Waals surface area contributed by atoms with Crippen LogP contribution < -0.4 is 0 Å². The zero-order valence-corrected chi connectivity index (χ0v) is 11.5. The number of carbonyl (C=O) groups excluding carboxylic acids is 1. The highest BCUT2D eigenvalue weighted by Crippen LogP contribution is 2.46. The molecule has 0 atom stereocenters. The summed E-state index contributed by atoms with van der Waals surface area (Å²) in [6.45, 7) is 8.46. The Balaban J connectivity index is 2.10. The normalized spacial score (nSPS) is 20.3. The van der Waals surface area contributed by atoms with Gasteiger partial charge in [0, 0.05) is 5.41 Å². The molecule has 1 aliphatic heterocycles. The summed E-state index contributed by atoms with van der Waals surface area (Å²) in [5.74, 6) is 0. The number of hydrogen-bond acceptors (Lipinski definition) is 6. The Labute approximate surface area is 103 Å². The fourth-order valence-electron chi connectivity index (χ4n) is 0.952. The number of ether oxygens (including phenoxy) is 2. The predicted octanol–water partition coefficient (Wildman–Crippen LogP) is 2.82. The maximum Gasteiger partial charge on any atom is 0.510 e. The average molecular weight is 266 g/mol. The van der Waals surface area contributed by atoms with Gasteiger partial charge in [-0.25, -0.2) is 4.79 Å². The van der Waals surface area contributed by atoms with Gasteiger partial charge in [0.05, 0.1) is 19.3 Å². The highest BCUT2D eigenvalue weighted by molar-refractivity contribution is 7.41. The second kappa shape index (κ2) is 6.50. The van der Waals surface area contributed by atoms with Crippen LogP contribution in [0.1, 0.15) is 27.7 Å². The van der Waals surface area contributed by atoms with Crippen LogP contribution in [0.25, 0.3) is 0 Å². The van der Waals surface area contributed by atoms with Gasteiger partial charge in [0.1, 0.15) is 0 Å². The van der Waals surface area contributed by atoms with Crippen molar-refractivity contribution in [2.45, 2.75) is 33.8 Å². The molecule has 0 N–H and O–H groups in total. The maximum absolute atomic E-state index is 11.0. The number of rotatable bonds is 4. The maximum atomic E-state index is 11.0. The molecule has 100 valence electrons. The molecule has 6 nitrogen and oxygen atoms in total. The Morgan fingerprint density at radius 2 is 1.94 bits per heavy atom. The molecule has 0 aromatic rings. The molecule has 7 heteroatoms. The minimum atomic E-state index is -1.41. The van der Waals surface area contributed by atoms with Crippen molar-refractivity contribution in [3.63, 3.8) is 0 Å². The summed E-state index contributed by atoms with van der Waals surface area (Å²) in [4.78, 5) is 11.0. The van der Waals surface area contributed by atoms with E-state index in [9.17, 15) is 4.79 Å². The second-order valence-corrected chi connectivity index (χ2v) is 5.96. The fraction of sp³-hybridized carbons (Fsp3) is 0.900. The summed E-state index contributed by atoms with van der Waals surface area (Å²) in [5, 5.41) is 0. The van der Waals surface area contributed by atoms with Crippen LogP contribution in [0.15, 0.2) is 0 Å². The van der Waals surface area contributed by atoms with Gasteiger partial charge in [-0.05, 0) is 13.8 Å². The average Bonchev–Trinajstić information content (AvgIpc) is 2.19. The Kier molecular flexibility index (Phi) is 5.59. The Morgan fingerprint density at radius 3 is 2.47 bits per heavy atom. The first-order chi connectivity index (χ1) is 7.89. The van der Waals surface area contributed by atoms with Gasteiger partial charge in [-0.2, -0.15) is 0 Å². The van der Waals surface area contributed by atoms with E-state index in [-0.39, 0.29) is 18.3 Å². The molecule has 1 saturated heterocycles. The number of hydrogen-bond donors (Lipinski definition) is 0. The minimum absolute atomic E-state index is 0.000373. The Bertz CT molecular complexity index is 245. The second-order valence-electron chi connectivity index (χ2n) is 4.74. The van der Waals surface area contributed by atoms with Crippen molar-refractivity contribution >= 4 is 14.8 Å². The highest BCUT2D eigenvalue weighted by Gasteiger charge is 2.30. The van der Waals surface area contributed by atoms with Crippen molar-refractivity contribution in [2.75, 3.05) is 20.0 Å². The van der Waals surface area contributed by atoms with Crippen LogP contribution in [0, 0.1) is 5.41 Å². The molecule has 1 aliphatic rings. The quantitative estimate of drug-likeness (QED) is 0.443. The third-order valence-corrected chi connectivity index (χ3v) is 2.78. The molecule has 0 spiro atoms. The third kappa shape index (κ3) is 6.17. The number of carbonyl (C=O) groups is 1. The van der Waals surface area contributed by atoms with Crippen molar-refractivity contribution in [3.05, 3.63) is 0 Å². The fourth-order valence-corrected chi connectivity index (χ4v) is 2.22. The zero-order chi connectivity index (χ0) is 12.9. The summed E-state index contributed by atoms with van der Waals surface area (Å²) in [5.41, 5.74) is -0.000373. The molecule has 0 unspecified atom stereocenters. The van der Waals surface area contributed by atoms with E-state index >= 15 is 0 Å². The summed E-state index contributed by atoms with van der Waals surface area (Å²) in [6.07, 6.45) is -0.969. The van der Waals surface area contributed by atoms with Gasteiger partial charge in [-0.1, -0.05) is 13.8 Å². The van der Waals surface area contributed by atoms with Crippen LogP contribution in [-0.2, 0) is 23.0 Å². The van der Waals surface area contributed by atoms with Crippen LogP contribution >= 0.6 is 8.60 Å². The SMILES string of the molecule is CC(C)OC(=O)OCOP1OCC(C)(C)CO1. The van der Waals surface area contributed by atoms with E-state index in [0.717, 1.165) is 0 Å². The van der Waals surface area contributed by atoms with Crippen molar-refractivity contribution < 1.29 is 27.8 Å². The molecule has 0 aromatic heterocycles. The van der Waals surface area contributed by atoms with E-state index in [2.05, 4.69) is 4.74 Å². The molecule has 0 aromatic carbocycles. The van der Waals surface area contributed by atoms with Crippen molar-refractivity contribution in [2.24, 2.45) is 5.41 Å². The first kappa shape index (κ1) is 14.6. The summed E-state index contributed by atoms with van der Waals surface area (Å²) < 4.78 is 25.3. The van der Waals surface area contributed by atoms with Crippen molar-refractivity contribution in [3.8, 4) is 0 Å². The van der Waals surface area contributed by atoms with Crippen LogP contribution in [0.5, 0.6) is 0 Å². The van der Waals surface area contributed by atoms with Crippen LogP contribution in [0.4, 0.5) is 4.79 Å². The first-order valence-electron chi connectivity index (χ1n) is 5.41. The predicted molar refractivity (Wildman–Crippen MR) is 61.3 cm³/mol. The molecule has 1 heterocycles. The van der Waals surface area contributed by atoms with E-state index in [0.29, 0.717) is 13.2 Å². The molecule has 0 amide bonds. The molecule has 0 saturated carbocycles. The van der Waals surface area contributed by atoms with E-state index in [1.165, 1.54) is 0 Å². The van der Waals surface area contributed by atoms with Gasteiger partial charge in [0.2, 0.25) is 6.79 Å². The van der Waals surface area contributed by atoms with Crippen LogP contribution in [-0.4, -0.2) is 32.3 Å². The van der Waals surface area contributed by atoms with E-state index in [1.54, 1.807) is 13.8 Å². The monoisotopic (exact) mass is 266 g/mol. The third-order valence-electron chi connectivity index (χ3n) is 1.79. The van der Waals surface area contributed by atoms with E-state index in [1.807, 2.05) is 13.8 Å². The summed E-state index contributed by atoms with van der Waals surface area (Å²) in [6, 6.07) is 0. The molecule has 1 rings (SSSR count). The van der Waals surface area contributed by atoms with Crippen molar-refractivity contribution in [1.29, 1.82) is 0 Å². The van der Waals surface area contributed by atoms with Gasteiger partial charge in [-0.3, -0.25) is 4.52 Å². The van der Waals surface area contributed by atoms with Crippen LogP contribution in [0.3, 0.4) is 0 Å². The van der Waals surface area contributed by atoms with Gasteiger partial charge in [0.25, 0.3) is 0 Å². The highest BCUT2D eigenvalue weighted by atomic mass is 31.2. The van der Waals surface area contributed by atoms with Gasteiger partial charge >= 0.3 is 14.8 Å². The molecule has 0 radical (unpaired) electrons. The lowest BCUT2D eigenvalue weighted by atomic mass is 9.97. The lowest BCUT2D eigenvalue weighted by Gasteiger charge is -2.32. The Hall–Kier alpha value is -0.420. The minimum Gasteiger partial charge on any atom is -0.432 e. The van der Waals surface area contributed by atoms with Gasteiger partial charge < -0.3 is 18.5 Å². The van der Waals surface area contributed by atoms with Crippen LogP contribution in [0.2, 0.25) is 0 Å². The molecule has 17 heavy (non-hydrogen) atoms. The Morgan fingerprint density at radius 1 is 1.35 bits per heavy atom. The summed E-state index contributed by atoms with van der Waals surface area (Å²) >= 11 is 0. The smallest absolute Gasteiger partial charge is 0.432 e. The zero-order valence-electron chi connectivity index (χ0n) is 10.6. The van der Waals surface area contributed by atoms with E-state index < -0.39 is 14.8 Å². The molecular weight excluding hydrogens is 247 g/mol. The largest absolute Gasteiger partial charge is 0.510 e. The standard InChI is InChI=1S/C10H19O6P/c1-8(2)16-9(11)12-7-15-17-13-5-10(3,4)6-14-17/h8H,5-7H2,1-4H3. The topological polar surface area (TPSA) is 63.2 Å². The molecule has 1 fully saturated rings. The summed E-state index contributed by atoms with van der Waals surface area (Å²) in [7, 11) is -1.41. The van der Waals surface area contributed by atoms with Crippen molar-refractivity contribution in [1.82, 2.24) is 0 Å².